The van der Waals surface area contributed by atoms with Crippen molar-refractivity contribution >= 4 is 27.8 Å². The van der Waals surface area contributed by atoms with E-state index < -0.39 is 0 Å². The zero-order valence-electron chi connectivity index (χ0n) is 26.3. The highest BCUT2D eigenvalue weighted by Gasteiger charge is 2.24. The van der Waals surface area contributed by atoms with Crippen LogP contribution in [0.5, 0.6) is 11.5 Å². The van der Waals surface area contributed by atoms with Crippen molar-refractivity contribution in [3.05, 3.63) is 188 Å². The molecule has 0 saturated heterocycles. The van der Waals surface area contributed by atoms with Crippen LogP contribution in [0, 0.1) is 0 Å². The lowest BCUT2D eigenvalue weighted by molar-refractivity contribution is 0.488. The number of anilines is 3. The third-order valence-electron chi connectivity index (χ3n) is 9.29. The van der Waals surface area contributed by atoms with Gasteiger partial charge in [-0.05, 0) is 86.6 Å². The Morgan fingerprint density at radius 1 is 0.333 bits per heavy atom. The second-order valence-electron chi connectivity index (χ2n) is 12.1. The monoisotopic (exact) mass is 613 g/mol. The van der Waals surface area contributed by atoms with Crippen LogP contribution in [0.3, 0.4) is 0 Å². The zero-order valence-corrected chi connectivity index (χ0v) is 26.3. The van der Waals surface area contributed by atoms with Gasteiger partial charge in [0.15, 0.2) is 0 Å². The normalized spacial score (nSPS) is 11.5. The average molecular weight is 614 g/mol. The first kappa shape index (κ1) is 27.9. The van der Waals surface area contributed by atoms with E-state index in [1.807, 2.05) is 0 Å². The van der Waals surface area contributed by atoms with E-state index >= 15 is 0 Å². The predicted molar refractivity (Wildman–Crippen MR) is 200 cm³/mol. The van der Waals surface area contributed by atoms with E-state index in [4.69, 9.17) is 4.74 Å². The fraction of sp³-hybridized carbons (Fsp3) is 0. The van der Waals surface area contributed by atoms with Gasteiger partial charge in [-0.2, -0.15) is 0 Å². The van der Waals surface area contributed by atoms with Crippen LogP contribution in [0.25, 0.3) is 55.3 Å². The lowest BCUT2D eigenvalue weighted by Crippen LogP contribution is -2.10. The van der Waals surface area contributed by atoms with Crippen LogP contribution in [-0.2, 0) is 0 Å². The van der Waals surface area contributed by atoms with E-state index in [-0.39, 0.29) is 0 Å². The molecule has 0 saturated carbocycles. The Bertz CT molecular complexity index is 2310. The summed E-state index contributed by atoms with van der Waals surface area (Å²) in [6, 6.07) is 66.7. The summed E-state index contributed by atoms with van der Waals surface area (Å²) in [4.78, 5) is 2.31. The molecular formula is C46H31NO. The molecule has 0 bridgehead atoms. The van der Waals surface area contributed by atoms with Crippen molar-refractivity contribution in [2.24, 2.45) is 0 Å². The highest BCUT2D eigenvalue weighted by molar-refractivity contribution is 6.05. The van der Waals surface area contributed by atoms with Gasteiger partial charge in [-0.3, -0.25) is 0 Å². The Balaban J connectivity index is 1.19. The standard InChI is InChI=1S/C46H31NO/c1-3-11-32(12-4-1)34-19-24-37(25-20-34)47(38-26-21-35(22-27-38)33-13-5-2-6-14-33)39-28-29-42-41-17-9-10-18-43(41)46-40-16-8-7-15-36(40)23-30-44(46)48-45(42)31-39/h1-31H. The molecule has 2 nitrogen and oxygen atoms in total. The highest BCUT2D eigenvalue weighted by Crippen LogP contribution is 2.51. The Labute approximate surface area is 280 Å². The molecule has 8 aromatic rings. The quantitative estimate of drug-likeness (QED) is 0.191. The molecule has 0 amide bonds. The summed E-state index contributed by atoms with van der Waals surface area (Å²) in [6.07, 6.45) is 0. The molecule has 0 spiro atoms. The van der Waals surface area contributed by atoms with Crippen molar-refractivity contribution in [2.45, 2.75) is 0 Å². The minimum absolute atomic E-state index is 0.834. The van der Waals surface area contributed by atoms with Crippen molar-refractivity contribution in [1.29, 1.82) is 0 Å². The van der Waals surface area contributed by atoms with Crippen molar-refractivity contribution < 1.29 is 4.74 Å². The molecule has 8 aromatic carbocycles. The average Bonchev–Trinajstić information content (AvgIpc) is 3.30. The Morgan fingerprint density at radius 2 is 0.854 bits per heavy atom. The molecule has 226 valence electrons. The van der Waals surface area contributed by atoms with Gasteiger partial charge in [0.1, 0.15) is 11.5 Å². The first-order chi connectivity index (χ1) is 23.8. The van der Waals surface area contributed by atoms with Gasteiger partial charge in [0.2, 0.25) is 0 Å². The second-order valence-corrected chi connectivity index (χ2v) is 12.1. The zero-order chi connectivity index (χ0) is 31.9. The Hall–Kier alpha value is -6.38. The van der Waals surface area contributed by atoms with Gasteiger partial charge in [0, 0.05) is 34.3 Å². The molecule has 2 heteroatoms. The molecule has 0 aromatic heterocycles. The fourth-order valence-electron chi connectivity index (χ4n) is 6.94. The lowest BCUT2D eigenvalue weighted by atomic mass is 9.91. The second kappa shape index (κ2) is 11.8. The van der Waals surface area contributed by atoms with E-state index in [0.29, 0.717) is 0 Å². The molecule has 0 aliphatic carbocycles. The van der Waals surface area contributed by atoms with E-state index in [1.165, 1.54) is 44.2 Å². The summed E-state index contributed by atoms with van der Waals surface area (Å²) in [5.41, 5.74) is 12.5. The van der Waals surface area contributed by atoms with Crippen LogP contribution in [0.4, 0.5) is 17.1 Å². The summed E-state index contributed by atoms with van der Waals surface area (Å²) in [7, 11) is 0. The summed E-state index contributed by atoms with van der Waals surface area (Å²) >= 11 is 0. The highest BCUT2D eigenvalue weighted by atomic mass is 16.5. The number of benzene rings is 8. The number of nitrogens with zero attached hydrogens (tertiary/aromatic N) is 1. The maximum atomic E-state index is 6.88. The van der Waals surface area contributed by atoms with Gasteiger partial charge in [-0.25, -0.2) is 0 Å². The molecule has 0 unspecified atom stereocenters. The molecule has 0 atom stereocenters. The predicted octanol–water partition coefficient (Wildman–Crippen LogP) is 13.1. The van der Waals surface area contributed by atoms with E-state index in [1.54, 1.807) is 0 Å². The number of ether oxygens (including phenoxy) is 1. The molecule has 1 aliphatic rings. The van der Waals surface area contributed by atoms with Gasteiger partial charge in [-0.15, -0.1) is 0 Å². The Morgan fingerprint density at radius 3 is 1.50 bits per heavy atom. The van der Waals surface area contributed by atoms with Gasteiger partial charge < -0.3 is 9.64 Å². The molecular weight excluding hydrogens is 583 g/mol. The fourth-order valence-corrected chi connectivity index (χ4v) is 6.94. The summed E-state index contributed by atoms with van der Waals surface area (Å²) in [5.74, 6) is 1.70. The van der Waals surface area contributed by atoms with E-state index in [9.17, 15) is 0 Å². The van der Waals surface area contributed by atoms with E-state index in [2.05, 4.69) is 193 Å². The molecule has 48 heavy (non-hydrogen) atoms. The number of hydrogen-bond donors (Lipinski definition) is 0. The topological polar surface area (TPSA) is 12.5 Å². The first-order valence-electron chi connectivity index (χ1n) is 16.3. The van der Waals surface area contributed by atoms with Gasteiger partial charge in [0.25, 0.3) is 0 Å². The Kier molecular flexibility index (Phi) is 6.84. The van der Waals surface area contributed by atoms with Crippen LogP contribution in [0.15, 0.2) is 188 Å². The van der Waals surface area contributed by atoms with Crippen LogP contribution in [-0.4, -0.2) is 0 Å². The van der Waals surface area contributed by atoms with Crippen molar-refractivity contribution in [1.82, 2.24) is 0 Å². The smallest absolute Gasteiger partial charge is 0.137 e. The molecule has 0 N–H and O–H groups in total. The summed E-state index contributed by atoms with van der Waals surface area (Å²) in [5, 5.41) is 2.39. The minimum atomic E-state index is 0.834. The minimum Gasteiger partial charge on any atom is -0.456 e. The SMILES string of the molecule is c1ccc(-c2ccc(N(c3ccc(-c4ccccc4)cc3)c3ccc4c(c3)Oc3ccc5ccccc5c3-c3ccccc3-4)cc2)cc1. The van der Waals surface area contributed by atoms with Gasteiger partial charge in [-0.1, -0.05) is 140 Å². The third-order valence-corrected chi connectivity index (χ3v) is 9.29. The van der Waals surface area contributed by atoms with Gasteiger partial charge in [0.05, 0.1) is 0 Å². The number of rotatable bonds is 5. The summed E-state index contributed by atoms with van der Waals surface area (Å²) < 4.78 is 6.88. The molecule has 0 radical (unpaired) electrons. The maximum absolute atomic E-state index is 6.88. The first-order valence-corrected chi connectivity index (χ1v) is 16.3. The van der Waals surface area contributed by atoms with Crippen molar-refractivity contribution in [3.63, 3.8) is 0 Å². The number of fused-ring (bicyclic) bond motifs is 7. The molecule has 1 aliphatic heterocycles. The van der Waals surface area contributed by atoms with Crippen LogP contribution >= 0.6 is 0 Å². The third kappa shape index (κ3) is 4.92. The van der Waals surface area contributed by atoms with Crippen LogP contribution in [0.1, 0.15) is 0 Å². The van der Waals surface area contributed by atoms with Crippen molar-refractivity contribution in [3.8, 4) is 56.0 Å². The molecule has 9 rings (SSSR count). The van der Waals surface area contributed by atoms with Crippen LogP contribution in [0.2, 0.25) is 0 Å². The number of hydrogen-bond acceptors (Lipinski definition) is 2. The van der Waals surface area contributed by atoms with E-state index in [0.717, 1.165) is 39.7 Å². The maximum Gasteiger partial charge on any atom is 0.137 e. The molecule has 0 fully saturated rings. The van der Waals surface area contributed by atoms with Gasteiger partial charge >= 0.3 is 0 Å². The molecule has 1 heterocycles. The van der Waals surface area contributed by atoms with Crippen molar-refractivity contribution in [2.75, 3.05) is 4.90 Å². The van der Waals surface area contributed by atoms with Crippen LogP contribution < -0.4 is 9.64 Å². The lowest BCUT2D eigenvalue weighted by Gasteiger charge is -2.27. The largest absolute Gasteiger partial charge is 0.456 e. The summed E-state index contributed by atoms with van der Waals surface area (Å²) in [6.45, 7) is 0.